The van der Waals surface area contributed by atoms with Crippen LogP contribution in [0.5, 0.6) is 5.88 Å². The summed E-state index contributed by atoms with van der Waals surface area (Å²) in [5.74, 6) is -6.56. The Morgan fingerprint density at radius 1 is 1.39 bits per heavy atom. The fraction of sp³-hybridized carbons (Fsp3) is 0.444. The molecule has 3 rings (SSSR count). The van der Waals surface area contributed by atoms with Crippen LogP contribution in [0.2, 0.25) is 0 Å². The van der Waals surface area contributed by atoms with Crippen molar-refractivity contribution in [2.24, 2.45) is 11.7 Å². The summed E-state index contributed by atoms with van der Waals surface area (Å²) in [6.07, 6.45) is -4.71. The van der Waals surface area contributed by atoms with E-state index in [9.17, 15) is 31.5 Å². The smallest absolute Gasteiger partial charge is 0.423 e. The monoisotopic (exact) mass is 447 g/mol. The Morgan fingerprint density at radius 3 is 2.65 bits per heavy atom. The van der Waals surface area contributed by atoms with Crippen LogP contribution in [0.15, 0.2) is 18.3 Å². The molecule has 1 aliphatic carbocycles. The van der Waals surface area contributed by atoms with Gasteiger partial charge in [-0.05, 0) is 24.5 Å². The number of nitrogens with zero attached hydrogens (tertiary/aromatic N) is 3. The van der Waals surface area contributed by atoms with Gasteiger partial charge in [0.05, 0.1) is 7.11 Å². The maximum absolute atomic E-state index is 13.7. The summed E-state index contributed by atoms with van der Waals surface area (Å²) >= 11 is 0. The maximum atomic E-state index is 13.7. The third-order valence-corrected chi connectivity index (χ3v) is 4.82. The van der Waals surface area contributed by atoms with E-state index >= 15 is 0 Å². The minimum absolute atomic E-state index is 0.0407. The van der Waals surface area contributed by atoms with Crippen LogP contribution in [0.1, 0.15) is 45.8 Å². The number of primary amides is 1. The first kappa shape index (κ1) is 22.4. The van der Waals surface area contributed by atoms with Crippen molar-refractivity contribution in [3.05, 3.63) is 35.3 Å². The number of halogens is 5. The Hall–Kier alpha value is -3.25. The van der Waals surface area contributed by atoms with E-state index in [2.05, 4.69) is 15.4 Å². The largest absolute Gasteiger partial charge is 0.479 e. The van der Waals surface area contributed by atoms with E-state index in [0.29, 0.717) is 0 Å². The molecular formula is C18H18F5N5O3. The second-order valence-electron chi connectivity index (χ2n) is 7.13. The normalized spacial score (nSPS) is 18.1. The number of hydrogen-bond acceptors (Lipinski definition) is 5. The van der Waals surface area contributed by atoms with Crippen LogP contribution < -0.4 is 15.8 Å². The number of rotatable bonds is 6. The molecule has 1 fully saturated rings. The molecule has 2 heterocycles. The number of amides is 2. The van der Waals surface area contributed by atoms with Gasteiger partial charge in [0.2, 0.25) is 11.8 Å². The van der Waals surface area contributed by atoms with Gasteiger partial charge in [-0.25, -0.2) is 8.78 Å². The van der Waals surface area contributed by atoms with E-state index < -0.39 is 59.8 Å². The van der Waals surface area contributed by atoms with E-state index in [1.807, 2.05) is 0 Å². The van der Waals surface area contributed by atoms with Crippen molar-refractivity contribution >= 4 is 17.5 Å². The predicted octanol–water partition coefficient (Wildman–Crippen LogP) is 3.09. The van der Waals surface area contributed by atoms with Crippen molar-refractivity contribution in [1.82, 2.24) is 14.8 Å². The van der Waals surface area contributed by atoms with Gasteiger partial charge in [0, 0.05) is 31.3 Å². The molecule has 0 saturated heterocycles. The van der Waals surface area contributed by atoms with E-state index in [-0.39, 0.29) is 24.3 Å². The third-order valence-electron chi connectivity index (χ3n) is 4.82. The molecule has 31 heavy (non-hydrogen) atoms. The first-order valence-electron chi connectivity index (χ1n) is 9.08. The molecule has 3 N–H and O–H groups in total. The Bertz CT molecular complexity index is 1000. The van der Waals surface area contributed by atoms with Gasteiger partial charge >= 0.3 is 6.18 Å². The lowest BCUT2D eigenvalue weighted by molar-refractivity contribution is -0.139. The zero-order chi connectivity index (χ0) is 23.0. The molecule has 1 aliphatic rings. The van der Waals surface area contributed by atoms with Crippen LogP contribution in [0, 0.1) is 5.92 Å². The van der Waals surface area contributed by atoms with Crippen molar-refractivity contribution in [3.63, 3.8) is 0 Å². The lowest BCUT2D eigenvalue weighted by Gasteiger charge is -2.15. The Balaban J connectivity index is 1.99. The summed E-state index contributed by atoms with van der Waals surface area (Å²) in [5.41, 5.74) is 2.53. The maximum Gasteiger partial charge on any atom is 0.423 e. The quantitative estimate of drug-likeness (QED) is 0.661. The highest BCUT2D eigenvalue weighted by Gasteiger charge is 2.45. The Labute approximate surface area is 172 Å². The number of hydrogen-bond donors (Lipinski definition) is 2. The highest BCUT2D eigenvalue weighted by molar-refractivity contribution is 6.05. The number of pyridine rings is 1. The number of ether oxygens (including phenoxy) is 1. The lowest BCUT2D eigenvalue weighted by Crippen LogP contribution is -2.24. The number of carbonyl (C=O) groups is 2. The van der Waals surface area contributed by atoms with Crippen LogP contribution in [0.3, 0.4) is 0 Å². The van der Waals surface area contributed by atoms with Gasteiger partial charge in [-0.2, -0.15) is 13.2 Å². The van der Waals surface area contributed by atoms with Crippen molar-refractivity contribution in [2.45, 2.75) is 37.9 Å². The summed E-state index contributed by atoms with van der Waals surface area (Å²) in [5, 5.41) is 5.93. The molecule has 2 aromatic rings. The number of anilines is 1. The number of carbonyl (C=O) groups excluding carboxylic acids is 2. The molecule has 2 aromatic heterocycles. The topological polar surface area (TPSA) is 112 Å². The van der Waals surface area contributed by atoms with Crippen LogP contribution >= 0.6 is 0 Å². The highest BCUT2D eigenvalue weighted by Crippen LogP contribution is 2.42. The van der Waals surface area contributed by atoms with Crippen LogP contribution in [-0.2, 0) is 12.7 Å². The number of nitrogens with one attached hydrogen (secondary N) is 1. The Kier molecular flexibility index (Phi) is 5.87. The van der Waals surface area contributed by atoms with Crippen molar-refractivity contribution in [1.29, 1.82) is 0 Å². The lowest BCUT2D eigenvalue weighted by atomic mass is 10.1. The molecule has 0 spiro atoms. The molecule has 0 radical (unpaired) electrons. The predicted molar refractivity (Wildman–Crippen MR) is 96.8 cm³/mol. The van der Waals surface area contributed by atoms with Gasteiger partial charge in [-0.1, -0.05) is 0 Å². The molecule has 8 nitrogen and oxygen atoms in total. The molecule has 0 aliphatic heterocycles. The fourth-order valence-electron chi connectivity index (χ4n) is 3.48. The van der Waals surface area contributed by atoms with Gasteiger partial charge < -0.3 is 15.8 Å². The van der Waals surface area contributed by atoms with E-state index in [1.54, 1.807) is 0 Å². The fourth-order valence-corrected chi connectivity index (χ4v) is 3.48. The van der Waals surface area contributed by atoms with E-state index in [1.165, 1.54) is 6.07 Å². The zero-order valence-corrected chi connectivity index (χ0v) is 16.2. The van der Waals surface area contributed by atoms with Crippen molar-refractivity contribution in [2.75, 3.05) is 12.4 Å². The average molecular weight is 447 g/mol. The summed E-state index contributed by atoms with van der Waals surface area (Å²) in [6.45, 7) is -0.326. The van der Waals surface area contributed by atoms with Crippen LogP contribution in [0.25, 0.3) is 0 Å². The molecule has 168 valence electrons. The second kappa shape index (κ2) is 8.12. The summed E-state index contributed by atoms with van der Waals surface area (Å²) < 4.78 is 73.6. The van der Waals surface area contributed by atoms with E-state index in [0.717, 1.165) is 24.1 Å². The molecular weight excluding hydrogens is 429 g/mol. The Morgan fingerprint density at radius 2 is 2.10 bits per heavy atom. The van der Waals surface area contributed by atoms with E-state index in [4.69, 9.17) is 10.5 Å². The summed E-state index contributed by atoms with van der Waals surface area (Å²) in [7, 11) is 0.954. The molecule has 0 aromatic carbocycles. The highest BCUT2D eigenvalue weighted by atomic mass is 19.4. The number of methoxy groups -OCH3 is 1. The summed E-state index contributed by atoms with van der Waals surface area (Å²) in [4.78, 5) is 27.7. The number of alkyl halides is 5. The van der Waals surface area contributed by atoms with Crippen molar-refractivity contribution < 1.29 is 36.3 Å². The standard InChI is InChI=1S/C18H18F5N5O3/c1-31-16-12(18(21,22)23)13(28(27-16)8-9-2-4-17(19,20)7-9)15(30)26-10-3-5-25-11(6-10)14(24)29/h3,5-6,9H,2,4,7-8H2,1H3,(H2,24,29)(H,25,26,30). The minimum atomic E-state index is -5.01. The number of aromatic nitrogens is 3. The second-order valence-corrected chi connectivity index (χ2v) is 7.13. The molecule has 2 amide bonds. The molecule has 1 unspecified atom stereocenters. The van der Waals surface area contributed by atoms with Gasteiger partial charge in [0.25, 0.3) is 11.8 Å². The van der Waals surface area contributed by atoms with Crippen LogP contribution in [-0.4, -0.2) is 39.6 Å². The first-order valence-corrected chi connectivity index (χ1v) is 9.08. The van der Waals surface area contributed by atoms with Gasteiger partial charge in [-0.15, -0.1) is 5.10 Å². The van der Waals surface area contributed by atoms with Gasteiger partial charge in [0.1, 0.15) is 17.0 Å². The summed E-state index contributed by atoms with van der Waals surface area (Å²) in [6, 6.07) is 2.33. The SMILES string of the molecule is COc1nn(CC2CCC(F)(F)C2)c(C(=O)Nc2ccnc(C(N)=O)c2)c1C(F)(F)F. The number of nitrogens with two attached hydrogens (primary N) is 1. The molecule has 1 atom stereocenters. The first-order chi connectivity index (χ1) is 14.4. The molecule has 0 bridgehead atoms. The minimum Gasteiger partial charge on any atom is -0.479 e. The van der Waals surface area contributed by atoms with Crippen molar-refractivity contribution in [3.8, 4) is 5.88 Å². The van der Waals surface area contributed by atoms with Gasteiger partial charge in [-0.3, -0.25) is 19.3 Å². The third kappa shape index (κ3) is 4.91. The molecule has 13 heteroatoms. The zero-order valence-electron chi connectivity index (χ0n) is 16.2. The average Bonchev–Trinajstić information content (AvgIpc) is 3.21. The molecule has 1 saturated carbocycles. The van der Waals surface area contributed by atoms with Gasteiger partial charge in [0.15, 0.2) is 0 Å². The van der Waals surface area contributed by atoms with Crippen LogP contribution in [0.4, 0.5) is 27.6 Å².